The molecular weight excluding hydrogens is 230 g/mol. The van der Waals surface area contributed by atoms with Gasteiger partial charge in [-0.15, -0.1) is 0 Å². The Morgan fingerprint density at radius 1 is 1.22 bits per heavy atom. The Bertz CT molecular complexity index is 313. The largest absolute Gasteiger partial charge is 0.394 e. The molecule has 2 unspecified atom stereocenters. The van der Waals surface area contributed by atoms with Crippen molar-refractivity contribution in [3.05, 3.63) is 0 Å². The van der Waals surface area contributed by atoms with Gasteiger partial charge in [-0.2, -0.15) is 0 Å². The van der Waals surface area contributed by atoms with Gasteiger partial charge in [-0.1, -0.05) is 12.8 Å². The topological polar surface area (TPSA) is 58.6 Å². The number of aliphatic hydroxyl groups is 1. The van der Waals surface area contributed by atoms with E-state index in [0.29, 0.717) is 25.0 Å². The molecule has 1 amide bonds. The second-order valence-electron chi connectivity index (χ2n) is 6.18. The van der Waals surface area contributed by atoms with E-state index in [1.165, 1.54) is 25.7 Å². The normalized spacial score (nSPS) is 37.7. The number of carbonyl (C=O) groups is 1. The lowest BCUT2D eigenvalue weighted by molar-refractivity contribution is -0.127. The van der Waals surface area contributed by atoms with Crippen LogP contribution < -0.4 is 5.32 Å². The van der Waals surface area contributed by atoms with Gasteiger partial charge in [0, 0.05) is 19.1 Å². The fraction of sp³-hybridized carbons (Fsp3) is 0.929. The second kappa shape index (κ2) is 4.82. The Hall–Kier alpha value is -0.610. The summed E-state index contributed by atoms with van der Waals surface area (Å²) in [7, 11) is 0. The SMILES string of the molecule is O=C(NC1(CO)CCOCC1)C1C2CCCCC21. The van der Waals surface area contributed by atoms with Crippen molar-refractivity contribution in [2.24, 2.45) is 17.8 Å². The van der Waals surface area contributed by atoms with Gasteiger partial charge in [0.2, 0.25) is 5.91 Å². The molecule has 1 aliphatic heterocycles. The van der Waals surface area contributed by atoms with Crippen molar-refractivity contribution in [2.45, 2.75) is 44.1 Å². The molecule has 0 aromatic heterocycles. The molecule has 18 heavy (non-hydrogen) atoms. The van der Waals surface area contributed by atoms with E-state index in [-0.39, 0.29) is 18.4 Å². The molecule has 2 saturated carbocycles. The molecule has 1 heterocycles. The zero-order valence-electron chi connectivity index (χ0n) is 10.9. The summed E-state index contributed by atoms with van der Waals surface area (Å²) in [5.74, 6) is 1.69. The second-order valence-corrected chi connectivity index (χ2v) is 6.18. The van der Waals surface area contributed by atoms with Crippen LogP contribution in [0.5, 0.6) is 0 Å². The first-order valence-electron chi connectivity index (χ1n) is 7.26. The Labute approximate surface area is 108 Å². The van der Waals surface area contributed by atoms with Crippen LogP contribution in [0.1, 0.15) is 38.5 Å². The number of amides is 1. The van der Waals surface area contributed by atoms with Crippen molar-refractivity contribution >= 4 is 5.91 Å². The van der Waals surface area contributed by atoms with Gasteiger partial charge in [0.25, 0.3) is 0 Å². The zero-order valence-corrected chi connectivity index (χ0v) is 10.9. The third-order valence-electron chi connectivity index (χ3n) is 5.10. The summed E-state index contributed by atoms with van der Waals surface area (Å²) in [4.78, 5) is 12.3. The number of rotatable bonds is 3. The maximum atomic E-state index is 12.3. The van der Waals surface area contributed by atoms with E-state index < -0.39 is 5.54 Å². The Morgan fingerprint density at radius 3 is 2.39 bits per heavy atom. The molecule has 4 nitrogen and oxygen atoms in total. The highest BCUT2D eigenvalue weighted by Gasteiger charge is 2.55. The zero-order chi connectivity index (χ0) is 12.6. The summed E-state index contributed by atoms with van der Waals surface area (Å²) in [5, 5.41) is 12.7. The molecule has 3 aliphatic rings. The van der Waals surface area contributed by atoms with E-state index in [0.717, 1.165) is 12.8 Å². The van der Waals surface area contributed by atoms with Crippen LogP contribution in [0.25, 0.3) is 0 Å². The monoisotopic (exact) mass is 253 g/mol. The molecule has 3 fully saturated rings. The number of hydrogen-bond acceptors (Lipinski definition) is 3. The molecular formula is C14H23NO3. The third-order valence-corrected chi connectivity index (χ3v) is 5.10. The van der Waals surface area contributed by atoms with Crippen molar-refractivity contribution in [3.8, 4) is 0 Å². The lowest BCUT2D eigenvalue weighted by Gasteiger charge is -2.36. The molecule has 4 heteroatoms. The van der Waals surface area contributed by atoms with Crippen molar-refractivity contribution in [1.82, 2.24) is 5.32 Å². The van der Waals surface area contributed by atoms with Gasteiger partial charge in [-0.05, 0) is 37.5 Å². The highest BCUT2D eigenvalue weighted by atomic mass is 16.5. The standard InChI is InChI=1S/C14H23NO3/c16-9-14(5-7-18-8-6-14)15-13(17)12-10-3-1-2-4-11(10)12/h10-12,16H,1-9H2,(H,15,17). The van der Waals surface area contributed by atoms with Crippen LogP contribution >= 0.6 is 0 Å². The van der Waals surface area contributed by atoms with E-state index in [4.69, 9.17) is 4.74 Å². The molecule has 2 aliphatic carbocycles. The minimum atomic E-state index is -0.416. The number of aliphatic hydroxyl groups excluding tert-OH is 1. The maximum Gasteiger partial charge on any atom is 0.224 e. The van der Waals surface area contributed by atoms with Gasteiger partial charge in [-0.25, -0.2) is 0 Å². The highest BCUT2D eigenvalue weighted by molar-refractivity contribution is 5.83. The van der Waals surface area contributed by atoms with Gasteiger partial charge in [0.15, 0.2) is 0 Å². The summed E-state index contributed by atoms with van der Waals surface area (Å²) in [5.41, 5.74) is -0.416. The number of hydrogen-bond donors (Lipinski definition) is 2. The van der Waals surface area contributed by atoms with Crippen LogP contribution in [0.2, 0.25) is 0 Å². The summed E-state index contributed by atoms with van der Waals surface area (Å²) in [6.45, 7) is 1.31. The lowest BCUT2D eigenvalue weighted by atomic mass is 9.90. The van der Waals surface area contributed by atoms with Crippen molar-refractivity contribution in [2.75, 3.05) is 19.8 Å². The van der Waals surface area contributed by atoms with Gasteiger partial charge in [0.1, 0.15) is 0 Å². The highest BCUT2D eigenvalue weighted by Crippen LogP contribution is 2.55. The van der Waals surface area contributed by atoms with E-state index >= 15 is 0 Å². The predicted molar refractivity (Wildman–Crippen MR) is 67.0 cm³/mol. The molecule has 2 atom stereocenters. The number of nitrogens with one attached hydrogen (secondary N) is 1. The first kappa shape index (κ1) is 12.4. The Morgan fingerprint density at radius 2 is 1.83 bits per heavy atom. The minimum Gasteiger partial charge on any atom is -0.394 e. The van der Waals surface area contributed by atoms with Crippen molar-refractivity contribution < 1.29 is 14.6 Å². The molecule has 0 aromatic carbocycles. The molecule has 2 N–H and O–H groups in total. The maximum absolute atomic E-state index is 12.3. The number of carbonyl (C=O) groups excluding carboxylic acids is 1. The first-order valence-corrected chi connectivity index (χ1v) is 7.26. The van der Waals surface area contributed by atoms with Crippen LogP contribution in [0.15, 0.2) is 0 Å². The van der Waals surface area contributed by atoms with Crippen molar-refractivity contribution in [1.29, 1.82) is 0 Å². The van der Waals surface area contributed by atoms with Crippen LogP contribution in [-0.4, -0.2) is 36.4 Å². The van der Waals surface area contributed by atoms with E-state index in [1.807, 2.05) is 0 Å². The quantitative estimate of drug-likeness (QED) is 0.791. The number of ether oxygens (including phenoxy) is 1. The molecule has 0 bridgehead atoms. The molecule has 1 saturated heterocycles. The van der Waals surface area contributed by atoms with E-state index in [1.54, 1.807) is 0 Å². The molecule has 102 valence electrons. The predicted octanol–water partition coefficient (Wildman–Crippen LogP) is 1.08. The fourth-order valence-electron chi connectivity index (χ4n) is 3.81. The van der Waals surface area contributed by atoms with E-state index in [2.05, 4.69) is 5.32 Å². The Kier molecular flexibility index (Phi) is 3.32. The molecule has 3 rings (SSSR count). The van der Waals surface area contributed by atoms with Crippen molar-refractivity contribution in [3.63, 3.8) is 0 Å². The van der Waals surface area contributed by atoms with Gasteiger partial charge in [0.05, 0.1) is 12.1 Å². The lowest BCUT2D eigenvalue weighted by Crippen LogP contribution is -2.55. The molecule has 0 radical (unpaired) electrons. The van der Waals surface area contributed by atoms with Crippen LogP contribution in [0.3, 0.4) is 0 Å². The summed E-state index contributed by atoms with van der Waals surface area (Å²) < 4.78 is 5.32. The fourth-order valence-corrected chi connectivity index (χ4v) is 3.81. The minimum absolute atomic E-state index is 0.0319. The van der Waals surface area contributed by atoms with Gasteiger partial charge in [-0.3, -0.25) is 4.79 Å². The average molecular weight is 253 g/mol. The summed E-state index contributed by atoms with van der Waals surface area (Å²) in [6, 6.07) is 0. The van der Waals surface area contributed by atoms with Gasteiger partial charge < -0.3 is 15.2 Å². The van der Waals surface area contributed by atoms with Crippen LogP contribution in [0, 0.1) is 17.8 Å². The van der Waals surface area contributed by atoms with Crippen LogP contribution in [0.4, 0.5) is 0 Å². The Balaban J connectivity index is 1.60. The number of fused-ring (bicyclic) bond motifs is 1. The first-order chi connectivity index (χ1) is 8.76. The smallest absolute Gasteiger partial charge is 0.224 e. The average Bonchev–Trinajstić information content (AvgIpc) is 3.14. The van der Waals surface area contributed by atoms with Gasteiger partial charge >= 0.3 is 0 Å². The van der Waals surface area contributed by atoms with Crippen LogP contribution in [-0.2, 0) is 9.53 Å². The summed E-state index contributed by atoms with van der Waals surface area (Å²) in [6.07, 6.45) is 6.47. The molecule has 0 aromatic rings. The third kappa shape index (κ3) is 2.16. The van der Waals surface area contributed by atoms with E-state index in [9.17, 15) is 9.90 Å². The summed E-state index contributed by atoms with van der Waals surface area (Å²) >= 11 is 0. The molecule has 0 spiro atoms.